The zero-order valence-corrected chi connectivity index (χ0v) is 19.8. The van der Waals surface area contributed by atoms with Gasteiger partial charge in [0, 0.05) is 37.1 Å². The molecule has 1 saturated heterocycles. The summed E-state index contributed by atoms with van der Waals surface area (Å²) in [5, 5.41) is 4.82. The summed E-state index contributed by atoms with van der Waals surface area (Å²) in [6, 6.07) is 13.1. The van der Waals surface area contributed by atoms with Crippen molar-refractivity contribution in [1.29, 1.82) is 0 Å². The lowest BCUT2D eigenvalue weighted by molar-refractivity contribution is 0.402. The molecule has 1 aliphatic heterocycles. The molecule has 4 aromatic rings. The zero-order valence-electron chi connectivity index (χ0n) is 19.0. The number of hydrogen-bond donors (Lipinski definition) is 3. The van der Waals surface area contributed by atoms with E-state index in [4.69, 9.17) is 16.5 Å². The number of hydrogen-bond acceptors (Lipinski definition) is 8. The Hall–Kier alpha value is -2.81. The normalized spacial score (nSPS) is 16.0. The Kier molecular flexibility index (Phi) is 6.39. The van der Waals surface area contributed by atoms with Gasteiger partial charge in [0.25, 0.3) is 0 Å². The van der Waals surface area contributed by atoms with Gasteiger partial charge in [-0.1, -0.05) is 43.7 Å². The molecule has 1 atom stereocenters. The first-order chi connectivity index (χ1) is 16.1. The lowest BCUT2D eigenvalue weighted by atomic mass is 10.0. The monoisotopic (exact) mass is 461 g/mol. The fourth-order valence-corrected chi connectivity index (χ4v) is 5.77. The van der Waals surface area contributed by atoms with E-state index in [1.807, 2.05) is 18.2 Å². The molecule has 1 aromatic carbocycles. The van der Waals surface area contributed by atoms with Gasteiger partial charge >= 0.3 is 0 Å². The van der Waals surface area contributed by atoms with Gasteiger partial charge in [0.2, 0.25) is 0 Å². The molecule has 0 saturated carbocycles. The Morgan fingerprint density at radius 3 is 2.73 bits per heavy atom. The Labute approximate surface area is 198 Å². The van der Waals surface area contributed by atoms with E-state index in [0.29, 0.717) is 11.9 Å². The van der Waals surface area contributed by atoms with E-state index in [1.54, 1.807) is 17.7 Å². The predicted molar refractivity (Wildman–Crippen MR) is 138 cm³/mol. The Bertz CT molecular complexity index is 1230. The average molecular weight is 462 g/mol. The second kappa shape index (κ2) is 9.59. The number of thiophene rings is 1. The van der Waals surface area contributed by atoms with Gasteiger partial charge in [0.15, 0.2) is 0 Å². The highest BCUT2D eigenvalue weighted by molar-refractivity contribution is 7.26. The fraction of sp³-hybridized carbons (Fsp3) is 0.400. The maximum Gasteiger partial charge on any atom is 0.144 e. The molecule has 172 valence electrons. The summed E-state index contributed by atoms with van der Waals surface area (Å²) in [5.41, 5.74) is 15.9. The Balaban J connectivity index is 1.30. The van der Waals surface area contributed by atoms with Gasteiger partial charge in [0.1, 0.15) is 22.8 Å². The lowest BCUT2D eigenvalue weighted by Gasteiger charge is -2.34. The first-order valence-electron chi connectivity index (χ1n) is 11.8. The van der Waals surface area contributed by atoms with Crippen molar-refractivity contribution in [3.05, 3.63) is 53.9 Å². The van der Waals surface area contributed by atoms with Crippen LogP contribution < -0.4 is 21.7 Å². The molecule has 3 aromatic heterocycles. The number of nitrogens with zero attached hydrogens (tertiary/aromatic N) is 4. The van der Waals surface area contributed by atoms with Crippen LogP contribution in [0.25, 0.3) is 20.4 Å². The van der Waals surface area contributed by atoms with Crippen molar-refractivity contribution < 1.29 is 0 Å². The summed E-state index contributed by atoms with van der Waals surface area (Å²) < 4.78 is 0.937. The summed E-state index contributed by atoms with van der Waals surface area (Å²) in [7, 11) is 0. The molecule has 0 aliphatic carbocycles. The smallest absolute Gasteiger partial charge is 0.144 e. The van der Waals surface area contributed by atoms with E-state index < -0.39 is 0 Å². The van der Waals surface area contributed by atoms with Gasteiger partial charge < -0.3 is 21.7 Å². The summed E-state index contributed by atoms with van der Waals surface area (Å²) >= 11 is 1.60. The largest absolute Gasteiger partial charge is 0.382 e. The third-order valence-electron chi connectivity index (χ3n) is 6.51. The lowest BCUT2D eigenvalue weighted by Crippen LogP contribution is -2.44. The number of benzene rings is 1. The molecule has 1 unspecified atom stereocenters. The number of aromatic nitrogens is 3. The number of pyridine rings is 1. The number of aryl methyl sites for hydroxylation is 1. The summed E-state index contributed by atoms with van der Waals surface area (Å²) in [5.74, 6) is 1.59. The second-order valence-electron chi connectivity index (χ2n) is 8.80. The van der Waals surface area contributed by atoms with Crippen LogP contribution in [0.15, 0.2) is 42.7 Å². The molecular weight excluding hydrogens is 430 g/mol. The standard InChI is InChI=1S/C25H31N7S/c1-2-6-17-13-20(31-25-21(17)22-23(33-25)24(27)30-15-29-22)32-11-9-18(10-12-32)28-14-19(26)16-7-4-3-5-8-16/h3-5,7-8,13,15,18-19,28H,2,6,9-12,14,26H2,1H3,(H2,27,29,30). The Morgan fingerprint density at radius 1 is 1.18 bits per heavy atom. The quantitative estimate of drug-likeness (QED) is 0.381. The Morgan fingerprint density at radius 2 is 1.97 bits per heavy atom. The maximum absolute atomic E-state index is 6.37. The molecule has 0 bridgehead atoms. The number of nitrogens with one attached hydrogen (secondary N) is 1. The fourth-order valence-electron chi connectivity index (χ4n) is 4.70. The van der Waals surface area contributed by atoms with E-state index in [-0.39, 0.29) is 6.04 Å². The van der Waals surface area contributed by atoms with Crippen molar-refractivity contribution in [2.24, 2.45) is 5.73 Å². The SMILES string of the molecule is CCCc1cc(N2CCC(NCC(N)c3ccccc3)CC2)nc2sc3c(N)ncnc3c12. The minimum Gasteiger partial charge on any atom is -0.382 e. The van der Waals surface area contributed by atoms with Crippen molar-refractivity contribution in [3.8, 4) is 0 Å². The first-order valence-corrected chi connectivity index (χ1v) is 12.6. The zero-order chi connectivity index (χ0) is 22.8. The van der Waals surface area contributed by atoms with Crippen LogP contribution in [0.3, 0.4) is 0 Å². The van der Waals surface area contributed by atoms with Crippen LogP contribution in [0.2, 0.25) is 0 Å². The summed E-state index contributed by atoms with van der Waals surface area (Å²) in [6.07, 6.45) is 5.78. The maximum atomic E-state index is 6.37. The van der Waals surface area contributed by atoms with Gasteiger partial charge in [-0.2, -0.15) is 0 Å². The van der Waals surface area contributed by atoms with E-state index in [9.17, 15) is 0 Å². The minimum atomic E-state index is 0.0217. The predicted octanol–water partition coefficient (Wildman–Crippen LogP) is 4.03. The molecule has 7 nitrogen and oxygen atoms in total. The van der Waals surface area contributed by atoms with E-state index in [1.165, 1.54) is 11.1 Å². The molecule has 33 heavy (non-hydrogen) atoms. The molecule has 0 radical (unpaired) electrons. The van der Waals surface area contributed by atoms with Gasteiger partial charge in [-0.05, 0) is 36.5 Å². The second-order valence-corrected chi connectivity index (χ2v) is 9.79. The molecule has 5 N–H and O–H groups in total. The van der Waals surface area contributed by atoms with Crippen LogP contribution >= 0.6 is 11.3 Å². The topological polar surface area (TPSA) is 106 Å². The van der Waals surface area contributed by atoms with Crippen LogP contribution in [0.4, 0.5) is 11.6 Å². The number of rotatable bonds is 7. The highest BCUT2D eigenvalue weighted by Crippen LogP contribution is 2.38. The summed E-state index contributed by atoms with van der Waals surface area (Å²) in [6.45, 7) is 4.97. The third-order valence-corrected chi connectivity index (χ3v) is 7.61. The number of nitrogen functional groups attached to an aromatic ring is 1. The van der Waals surface area contributed by atoms with Gasteiger partial charge in [-0.25, -0.2) is 15.0 Å². The van der Waals surface area contributed by atoms with Crippen LogP contribution in [0.5, 0.6) is 0 Å². The van der Waals surface area contributed by atoms with Crippen LogP contribution in [0, 0.1) is 0 Å². The van der Waals surface area contributed by atoms with Gasteiger partial charge in [-0.15, -0.1) is 11.3 Å². The molecular formula is C25H31N7S. The van der Waals surface area contributed by atoms with E-state index >= 15 is 0 Å². The molecule has 0 amide bonds. The third kappa shape index (κ3) is 4.51. The molecule has 1 fully saturated rings. The number of fused-ring (bicyclic) bond motifs is 3. The number of anilines is 2. The summed E-state index contributed by atoms with van der Waals surface area (Å²) in [4.78, 5) is 17.2. The van der Waals surface area contributed by atoms with Crippen LogP contribution in [-0.4, -0.2) is 40.6 Å². The van der Waals surface area contributed by atoms with Crippen LogP contribution in [-0.2, 0) is 6.42 Å². The van der Waals surface area contributed by atoms with E-state index in [2.05, 4.69) is 45.3 Å². The highest BCUT2D eigenvalue weighted by Gasteiger charge is 2.23. The van der Waals surface area contributed by atoms with Crippen molar-refractivity contribution in [2.75, 3.05) is 30.3 Å². The van der Waals surface area contributed by atoms with Crippen molar-refractivity contribution in [1.82, 2.24) is 20.3 Å². The number of nitrogens with two attached hydrogens (primary N) is 2. The minimum absolute atomic E-state index is 0.0217. The van der Waals surface area contributed by atoms with Crippen molar-refractivity contribution in [3.63, 3.8) is 0 Å². The molecule has 8 heteroatoms. The van der Waals surface area contributed by atoms with Crippen LogP contribution in [0.1, 0.15) is 43.4 Å². The first kappa shape index (κ1) is 22.0. The van der Waals surface area contributed by atoms with E-state index in [0.717, 1.165) is 71.6 Å². The van der Waals surface area contributed by atoms with Gasteiger partial charge in [0.05, 0.1) is 10.2 Å². The molecule has 5 rings (SSSR count). The average Bonchev–Trinajstić information content (AvgIpc) is 3.24. The highest BCUT2D eigenvalue weighted by atomic mass is 32.1. The molecule has 1 aliphatic rings. The van der Waals surface area contributed by atoms with Crippen molar-refractivity contribution in [2.45, 2.75) is 44.7 Å². The molecule has 0 spiro atoms. The van der Waals surface area contributed by atoms with Crippen molar-refractivity contribution >= 4 is 43.4 Å². The molecule has 4 heterocycles. The van der Waals surface area contributed by atoms with Gasteiger partial charge in [-0.3, -0.25) is 0 Å². The number of piperidine rings is 1.